The van der Waals surface area contributed by atoms with E-state index in [1.807, 2.05) is 49.3 Å². The Morgan fingerprint density at radius 1 is 1.20 bits per heavy atom. The van der Waals surface area contributed by atoms with Gasteiger partial charge in [-0.2, -0.15) is 0 Å². The number of aromatic nitrogens is 2. The summed E-state index contributed by atoms with van der Waals surface area (Å²) in [5.41, 5.74) is 1.84. The maximum Gasteiger partial charge on any atom is 0.279 e. The molecule has 3 rings (SSSR count). The molecule has 1 N–H and O–H groups in total. The van der Waals surface area contributed by atoms with Crippen LogP contribution in [0.4, 0.5) is 11.5 Å². The highest BCUT2D eigenvalue weighted by atomic mass is 16.5. The van der Waals surface area contributed by atoms with Crippen LogP contribution in [0.2, 0.25) is 0 Å². The van der Waals surface area contributed by atoms with Crippen molar-refractivity contribution in [1.29, 1.82) is 0 Å². The maximum absolute atomic E-state index is 12.3. The number of carbonyl (C=O) groups is 1. The van der Waals surface area contributed by atoms with E-state index in [0.717, 1.165) is 11.3 Å². The van der Waals surface area contributed by atoms with E-state index in [4.69, 9.17) is 9.26 Å². The monoisotopic (exact) mass is 338 g/mol. The van der Waals surface area contributed by atoms with Gasteiger partial charge in [-0.1, -0.05) is 17.3 Å². The predicted octanol–water partition coefficient (Wildman–Crippen LogP) is 3.06. The molecule has 1 amide bonds. The van der Waals surface area contributed by atoms with Gasteiger partial charge in [0.15, 0.2) is 11.5 Å². The summed E-state index contributed by atoms with van der Waals surface area (Å²) in [5.74, 6) is 1.15. The molecular formula is C18H18N4O3. The number of pyridine rings is 1. The summed E-state index contributed by atoms with van der Waals surface area (Å²) < 4.78 is 10.6. The quantitative estimate of drug-likeness (QED) is 0.770. The Kier molecular flexibility index (Phi) is 4.65. The third-order valence-electron chi connectivity index (χ3n) is 3.62. The van der Waals surface area contributed by atoms with Crippen LogP contribution in [-0.2, 0) is 0 Å². The van der Waals surface area contributed by atoms with Crippen molar-refractivity contribution in [1.82, 2.24) is 10.1 Å². The molecule has 0 aliphatic heterocycles. The highest BCUT2D eigenvalue weighted by molar-refractivity contribution is 6.02. The van der Waals surface area contributed by atoms with Crippen LogP contribution in [0.1, 0.15) is 10.5 Å². The zero-order chi connectivity index (χ0) is 17.8. The first kappa shape index (κ1) is 16.5. The first-order chi connectivity index (χ1) is 12.1. The van der Waals surface area contributed by atoms with Crippen LogP contribution in [0.3, 0.4) is 0 Å². The Bertz CT molecular complexity index is 872. The van der Waals surface area contributed by atoms with Gasteiger partial charge in [0.2, 0.25) is 0 Å². The number of amides is 1. The van der Waals surface area contributed by atoms with Crippen LogP contribution < -0.4 is 15.0 Å². The van der Waals surface area contributed by atoms with Gasteiger partial charge in [-0.25, -0.2) is 4.98 Å². The lowest BCUT2D eigenvalue weighted by atomic mass is 10.1. The average Bonchev–Trinajstić information content (AvgIpc) is 3.12. The van der Waals surface area contributed by atoms with Crippen molar-refractivity contribution in [2.75, 3.05) is 31.4 Å². The third-order valence-corrected chi connectivity index (χ3v) is 3.62. The van der Waals surface area contributed by atoms with E-state index in [0.29, 0.717) is 17.3 Å². The van der Waals surface area contributed by atoms with Crippen molar-refractivity contribution >= 4 is 17.4 Å². The molecule has 0 fully saturated rings. The summed E-state index contributed by atoms with van der Waals surface area (Å²) in [6.07, 6.45) is 1.68. The molecule has 0 saturated carbocycles. The fraction of sp³-hybridized carbons (Fsp3) is 0.167. The van der Waals surface area contributed by atoms with Gasteiger partial charge in [0.1, 0.15) is 11.6 Å². The van der Waals surface area contributed by atoms with E-state index < -0.39 is 5.91 Å². The summed E-state index contributed by atoms with van der Waals surface area (Å²) in [6, 6.07) is 12.5. The topological polar surface area (TPSA) is 80.5 Å². The molecular weight excluding hydrogens is 320 g/mol. The number of benzene rings is 1. The molecule has 0 bridgehead atoms. The summed E-state index contributed by atoms with van der Waals surface area (Å²) in [4.78, 5) is 18.4. The molecule has 128 valence electrons. The molecule has 2 heterocycles. The lowest BCUT2D eigenvalue weighted by Gasteiger charge is -2.11. The number of methoxy groups -OCH3 is 1. The number of anilines is 2. The minimum Gasteiger partial charge on any atom is -0.496 e. The van der Waals surface area contributed by atoms with Crippen LogP contribution >= 0.6 is 0 Å². The van der Waals surface area contributed by atoms with E-state index in [-0.39, 0.29) is 5.69 Å². The largest absolute Gasteiger partial charge is 0.496 e. The van der Waals surface area contributed by atoms with Crippen molar-refractivity contribution < 1.29 is 14.1 Å². The highest BCUT2D eigenvalue weighted by Crippen LogP contribution is 2.30. The number of nitrogens with zero attached hydrogens (tertiary/aromatic N) is 3. The molecule has 7 heteroatoms. The molecule has 1 aromatic carbocycles. The lowest BCUT2D eigenvalue weighted by molar-refractivity contribution is 0.101. The Morgan fingerprint density at radius 2 is 2.00 bits per heavy atom. The van der Waals surface area contributed by atoms with Crippen molar-refractivity contribution in [3.8, 4) is 17.1 Å². The summed E-state index contributed by atoms with van der Waals surface area (Å²) in [5, 5.41) is 6.53. The molecule has 0 atom stereocenters. The summed E-state index contributed by atoms with van der Waals surface area (Å²) >= 11 is 0. The fourth-order valence-corrected chi connectivity index (χ4v) is 2.26. The first-order valence-corrected chi connectivity index (χ1v) is 7.63. The van der Waals surface area contributed by atoms with Gasteiger partial charge < -0.3 is 19.5 Å². The molecule has 0 saturated heterocycles. The smallest absolute Gasteiger partial charge is 0.279 e. The zero-order valence-electron chi connectivity index (χ0n) is 14.2. The molecule has 7 nitrogen and oxygen atoms in total. The number of carbonyl (C=O) groups excluding carboxylic acids is 1. The number of para-hydroxylation sites is 1. The number of hydrogen-bond donors (Lipinski definition) is 1. The average molecular weight is 338 g/mol. The number of hydrogen-bond acceptors (Lipinski definition) is 6. The SMILES string of the molecule is COc1ccccc1-c1cc(C(=O)Nc2ccc(N(C)C)cn2)no1. The molecule has 25 heavy (non-hydrogen) atoms. The first-order valence-electron chi connectivity index (χ1n) is 7.63. The Labute approximate surface area is 145 Å². The molecule has 0 radical (unpaired) electrons. The van der Waals surface area contributed by atoms with Gasteiger partial charge >= 0.3 is 0 Å². The second-order valence-corrected chi connectivity index (χ2v) is 5.53. The fourth-order valence-electron chi connectivity index (χ4n) is 2.26. The Hall–Kier alpha value is -3.35. The third kappa shape index (κ3) is 3.60. The van der Waals surface area contributed by atoms with Gasteiger partial charge in [0, 0.05) is 20.2 Å². The van der Waals surface area contributed by atoms with Crippen molar-refractivity contribution in [2.45, 2.75) is 0 Å². The predicted molar refractivity (Wildman–Crippen MR) is 95.0 cm³/mol. The molecule has 3 aromatic rings. The highest BCUT2D eigenvalue weighted by Gasteiger charge is 2.16. The van der Waals surface area contributed by atoms with E-state index >= 15 is 0 Å². The standard InChI is InChI=1S/C18H18N4O3/c1-22(2)12-8-9-17(19-11-12)20-18(23)14-10-16(25-21-14)13-6-4-5-7-15(13)24-3/h4-11H,1-3H3,(H,19,20,23). The summed E-state index contributed by atoms with van der Waals surface area (Å²) in [6.45, 7) is 0. The van der Waals surface area contributed by atoms with E-state index in [1.165, 1.54) is 0 Å². The number of ether oxygens (including phenoxy) is 1. The number of rotatable bonds is 5. The minimum atomic E-state index is -0.394. The van der Waals surface area contributed by atoms with Crippen LogP contribution in [0.5, 0.6) is 5.75 Å². The van der Waals surface area contributed by atoms with Crippen molar-refractivity contribution in [3.63, 3.8) is 0 Å². The van der Waals surface area contributed by atoms with E-state index in [2.05, 4.69) is 15.5 Å². The molecule has 0 aliphatic rings. The van der Waals surface area contributed by atoms with Gasteiger partial charge in [0.05, 0.1) is 24.6 Å². The molecule has 0 aliphatic carbocycles. The normalized spacial score (nSPS) is 10.4. The lowest BCUT2D eigenvalue weighted by Crippen LogP contribution is -2.14. The Balaban J connectivity index is 1.76. The number of nitrogens with one attached hydrogen (secondary N) is 1. The van der Waals surface area contributed by atoms with Crippen molar-refractivity contribution in [3.05, 3.63) is 54.4 Å². The second kappa shape index (κ2) is 7.04. The molecule has 0 spiro atoms. The summed E-state index contributed by atoms with van der Waals surface area (Å²) in [7, 11) is 5.42. The zero-order valence-corrected chi connectivity index (χ0v) is 14.2. The van der Waals surface area contributed by atoms with Gasteiger partial charge in [-0.05, 0) is 24.3 Å². The molecule has 0 unspecified atom stereocenters. The molecule has 2 aromatic heterocycles. The maximum atomic E-state index is 12.3. The van der Waals surface area contributed by atoms with Crippen LogP contribution in [0.15, 0.2) is 53.2 Å². The van der Waals surface area contributed by atoms with Gasteiger partial charge in [0.25, 0.3) is 5.91 Å². The second-order valence-electron chi connectivity index (χ2n) is 5.53. The van der Waals surface area contributed by atoms with Crippen LogP contribution in [0.25, 0.3) is 11.3 Å². The van der Waals surface area contributed by atoms with E-state index in [9.17, 15) is 4.79 Å². The van der Waals surface area contributed by atoms with Crippen molar-refractivity contribution in [2.24, 2.45) is 0 Å². The van der Waals surface area contributed by atoms with Crippen LogP contribution in [-0.4, -0.2) is 37.3 Å². The van der Waals surface area contributed by atoms with Crippen LogP contribution in [0, 0.1) is 0 Å². The van der Waals surface area contributed by atoms with Gasteiger partial charge in [-0.3, -0.25) is 4.79 Å². The minimum absolute atomic E-state index is 0.166. The Morgan fingerprint density at radius 3 is 2.68 bits per heavy atom. The van der Waals surface area contributed by atoms with Gasteiger partial charge in [-0.15, -0.1) is 0 Å². The van der Waals surface area contributed by atoms with E-state index in [1.54, 1.807) is 25.4 Å².